The van der Waals surface area contributed by atoms with Crippen LogP contribution in [0.4, 0.5) is 5.69 Å². The maximum Gasteiger partial charge on any atom is 0.253 e. The minimum atomic E-state index is -0.432. The van der Waals surface area contributed by atoms with Gasteiger partial charge in [-0.15, -0.1) is 0 Å². The molecule has 0 unspecified atom stereocenters. The van der Waals surface area contributed by atoms with Crippen molar-refractivity contribution < 1.29 is 14.3 Å². The Balaban J connectivity index is 1.32. The molecule has 2 aromatic rings. The van der Waals surface area contributed by atoms with Crippen molar-refractivity contribution in [1.29, 1.82) is 0 Å². The second-order valence-electron chi connectivity index (χ2n) is 11.4. The minimum absolute atomic E-state index is 0.107. The van der Waals surface area contributed by atoms with Crippen LogP contribution in [0.2, 0.25) is 0 Å². The fourth-order valence-corrected chi connectivity index (χ4v) is 5.85. The van der Waals surface area contributed by atoms with E-state index in [-0.39, 0.29) is 11.8 Å². The number of hydrogen-bond donors (Lipinski definition) is 2. The molecular formula is C28H41N5O3. The van der Waals surface area contributed by atoms with Gasteiger partial charge in [-0.1, -0.05) is 20.3 Å². The molecule has 1 atom stereocenters. The van der Waals surface area contributed by atoms with Crippen LogP contribution in [-0.4, -0.2) is 65.2 Å². The second kappa shape index (κ2) is 10.9. The van der Waals surface area contributed by atoms with Crippen LogP contribution in [0.3, 0.4) is 0 Å². The maximum atomic E-state index is 13.2. The number of hydrogen-bond acceptors (Lipinski definition) is 5. The zero-order chi connectivity index (χ0) is 25.2. The van der Waals surface area contributed by atoms with Gasteiger partial charge in [0.1, 0.15) is 11.9 Å². The number of piperidine rings is 1. The molecule has 3 heterocycles. The van der Waals surface area contributed by atoms with Crippen LogP contribution in [-0.2, 0) is 16.6 Å². The summed E-state index contributed by atoms with van der Waals surface area (Å²) >= 11 is 0. The largest absolute Gasteiger partial charge is 0.368 e. The summed E-state index contributed by atoms with van der Waals surface area (Å²) in [5.74, 6) is 2.41. The van der Waals surface area contributed by atoms with Crippen molar-refractivity contribution in [1.82, 2.24) is 19.8 Å². The fraction of sp³-hybridized carbons (Fsp3) is 0.679. The molecule has 196 valence electrons. The van der Waals surface area contributed by atoms with Crippen LogP contribution in [0.5, 0.6) is 0 Å². The first-order chi connectivity index (χ1) is 17.4. The van der Waals surface area contributed by atoms with Gasteiger partial charge in [0.15, 0.2) is 0 Å². The van der Waals surface area contributed by atoms with Crippen molar-refractivity contribution in [3.63, 3.8) is 0 Å². The van der Waals surface area contributed by atoms with Gasteiger partial charge >= 0.3 is 0 Å². The van der Waals surface area contributed by atoms with Gasteiger partial charge in [0.25, 0.3) is 11.8 Å². The van der Waals surface area contributed by atoms with Crippen molar-refractivity contribution in [3.05, 3.63) is 23.5 Å². The summed E-state index contributed by atoms with van der Waals surface area (Å²) in [6.07, 6.45) is 6.91. The van der Waals surface area contributed by atoms with Gasteiger partial charge in [-0.2, -0.15) is 0 Å². The lowest BCUT2D eigenvalue weighted by atomic mass is 9.85. The Kier molecular flexibility index (Phi) is 7.62. The van der Waals surface area contributed by atoms with Gasteiger partial charge in [0.05, 0.1) is 16.7 Å². The number of imidazole rings is 1. The minimum Gasteiger partial charge on any atom is -0.368 e. The van der Waals surface area contributed by atoms with Gasteiger partial charge in [-0.3, -0.25) is 9.59 Å². The number of aromatic nitrogens is 2. The van der Waals surface area contributed by atoms with Crippen molar-refractivity contribution in [3.8, 4) is 0 Å². The summed E-state index contributed by atoms with van der Waals surface area (Å²) in [6, 6.07) is 3.68. The third-order valence-corrected chi connectivity index (χ3v) is 8.10. The number of ether oxygens (including phenoxy) is 1. The average molecular weight is 496 g/mol. The molecule has 8 nitrogen and oxygen atoms in total. The van der Waals surface area contributed by atoms with Gasteiger partial charge in [-0.25, -0.2) is 4.98 Å². The standard InChI is InChI=1S/C28H41N5O3/c1-18(2)17-33-11-9-19(10-12-33)16-29-27(34)21-14-22-25(32(3)26(30-22)20-6-4-7-20)23(15-21)31-28(35)24-8-5-13-36-24/h14-15,18-20,24H,4-13,16-17H2,1-3H3,(H,29,34)(H,31,35)/t24-/m1/s1. The number of aryl methyl sites for hydroxylation is 1. The van der Waals surface area contributed by atoms with E-state index < -0.39 is 6.10 Å². The summed E-state index contributed by atoms with van der Waals surface area (Å²) in [5, 5.41) is 6.23. The summed E-state index contributed by atoms with van der Waals surface area (Å²) in [7, 11) is 2.01. The Labute approximate surface area is 214 Å². The number of likely N-dealkylation sites (tertiary alicyclic amines) is 1. The van der Waals surface area contributed by atoms with Gasteiger partial charge in [0.2, 0.25) is 0 Å². The lowest BCUT2D eigenvalue weighted by Crippen LogP contribution is -2.40. The highest BCUT2D eigenvalue weighted by Gasteiger charge is 2.29. The van der Waals surface area contributed by atoms with E-state index in [9.17, 15) is 9.59 Å². The van der Waals surface area contributed by atoms with Crippen molar-refractivity contribution >= 4 is 28.5 Å². The van der Waals surface area contributed by atoms with Crippen molar-refractivity contribution in [2.45, 2.75) is 70.8 Å². The highest BCUT2D eigenvalue weighted by Crippen LogP contribution is 2.38. The molecule has 3 fully saturated rings. The van der Waals surface area contributed by atoms with Gasteiger partial charge in [0, 0.05) is 38.2 Å². The lowest BCUT2D eigenvalue weighted by molar-refractivity contribution is -0.124. The summed E-state index contributed by atoms with van der Waals surface area (Å²) < 4.78 is 7.69. The predicted molar refractivity (Wildman–Crippen MR) is 141 cm³/mol. The highest BCUT2D eigenvalue weighted by atomic mass is 16.5. The summed E-state index contributed by atoms with van der Waals surface area (Å²) in [6.45, 7) is 9.16. The molecule has 36 heavy (non-hydrogen) atoms. The number of nitrogens with one attached hydrogen (secondary N) is 2. The third kappa shape index (κ3) is 5.44. The van der Waals surface area contributed by atoms with Crippen molar-refractivity contribution in [2.24, 2.45) is 18.9 Å². The molecule has 3 aliphatic rings. The molecule has 0 bridgehead atoms. The predicted octanol–water partition coefficient (Wildman–Crippen LogP) is 4.06. The lowest BCUT2D eigenvalue weighted by Gasteiger charge is -2.33. The van der Waals surface area contributed by atoms with E-state index in [0.29, 0.717) is 42.2 Å². The third-order valence-electron chi connectivity index (χ3n) is 8.10. The molecule has 8 heteroatoms. The molecule has 0 radical (unpaired) electrons. The molecule has 2 amide bonds. The number of carbonyl (C=O) groups excluding carboxylic acids is 2. The van der Waals surface area contributed by atoms with E-state index in [1.54, 1.807) is 0 Å². The van der Waals surface area contributed by atoms with Crippen LogP contribution in [0.15, 0.2) is 12.1 Å². The van der Waals surface area contributed by atoms with Gasteiger partial charge < -0.3 is 24.8 Å². The Hall–Kier alpha value is -2.45. The molecule has 2 saturated heterocycles. The first kappa shape index (κ1) is 25.2. The van der Waals surface area contributed by atoms with Crippen LogP contribution < -0.4 is 10.6 Å². The first-order valence-electron chi connectivity index (χ1n) is 13.8. The fourth-order valence-electron chi connectivity index (χ4n) is 5.85. The molecule has 1 aromatic carbocycles. The van der Waals surface area contributed by atoms with Crippen LogP contribution >= 0.6 is 0 Å². The maximum absolute atomic E-state index is 13.2. The molecule has 1 aliphatic carbocycles. The molecule has 2 aliphatic heterocycles. The molecule has 1 aromatic heterocycles. The summed E-state index contributed by atoms with van der Waals surface area (Å²) in [4.78, 5) is 33.6. The number of rotatable bonds is 8. The SMILES string of the molecule is CC(C)CN1CCC(CNC(=O)c2cc(NC(=O)[C@H]3CCCO3)c3c(c2)nc(C2CCC2)n3C)CC1. The van der Waals surface area contributed by atoms with E-state index in [4.69, 9.17) is 9.72 Å². The molecule has 2 N–H and O–H groups in total. The Morgan fingerprint density at radius 3 is 2.53 bits per heavy atom. The molecule has 1 saturated carbocycles. The zero-order valence-corrected chi connectivity index (χ0v) is 22.0. The normalized spacial score (nSPS) is 21.7. The average Bonchev–Trinajstić information content (AvgIpc) is 3.46. The smallest absolute Gasteiger partial charge is 0.253 e. The second-order valence-corrected chi connectivity index (χ2v) is 11.4. The number of benzene rings is 1. The monoisotopic (exact) mass is 495 g/mol. The molecule has 0 spiro atoms. The number of fused-ring (bicyclic) bond motifs is 1. The zero-order valence-electron chi connectivity index (χ0n) is 22.0. The first-order valence-corrected chi connectivity index (χ1v) is 13.8. The van der Waals surface area contributed by atoms with E-state index in [2.05, 4.69) is 33.9 Å². The van der Waals surface area contributed by atoms with E-state index >= 15 is 0 Å². The molecular weight excluding hydrogens is 454 g/mol. The number of amides is 2. The quantitative estimate of drug-likeness (QED) is 0.577. The van der Waals surface area contributed by atoms with E-state index in [1.807, 2.05) is 19.2 Å². The summed E-state index contributed by atoms with van der Waals surface area (Å²) in [5.41, 5.74) is 2.82. The van der Waals surface area contributed by atoms with Crippen molar-refractivity contribution in [2.75, 3.05) is 38.1 Å². The Morgan fingerprint density at radius 2 is 1.89 bits per heavy atom. The van der Waals surface area contributed by atoms with Crippen LogP contribution in [0.25, 0.3) is 11.0 Å². The van der Waals surface area contributed by atoms with Gasteiger partial charge in [-0.05, 0) is 75.6 Å². The highest BCUT2D eigenvalue weighted by molar-refractivity contribution is 6.06. The molecule has 5 rings (SSSR count). The van der Waals surface area contributed by atoms with Crippen LogP contribution in [0.1, 0.15) is 80.9 Å². The van der Waals surface area contributed by atoms with E-state index in [1.165, 1.54) is 6.42 Å². The Morgan fingerprint density at radius 1 is 1.11 bits per heavy atom. The van der Waals surface area contributed by atoms with Crippen LogP contribution in [0, 0.1) is 11.8 Å². The van der Waals surface area contributed by atoms with E-state index in [0.717, 1.165) is 75.0 Å². The number of anilines is 1. The number of carbonyl (C=O) groups is 2. The topological polar surface area (TPSA) is 88.5 Å². The Bertz CT molecular complexity index is 1090. The number of nitrogens with zero attached hydrogens (tertiary/aromatic N) is 3.